The SMILES string of the molecule is CC(C)(C)OC(=O)N1CCN(c2cccc(Cl)c2C2=NOC(c3cccc(NC(=O)C(Cl)Cl)c3)C2)CC1. The highest BCUT2D eigenvalue weighted by Crippen LogP contribution is 2.37. The van der Waals surface area contributed by atoms with Gasteiger partial charge in [-0.15, -0.1) is 0 Å². The van der Waals surface area contributed by atoms with Gasteiger partial charge < -0.3 is 24.7 Å². The van der Waals surface area contributed by atoms with Gasteiger partial charge in [-0.25, -0.2) is 4.79 Å². The van der Waals surface area contributed by atoms with Crippen LogP contribution in [-0.4, -0.2) is 59.2 Å². The summed E-state index contributed by atoms with van der Waals surface area (Å²) in [4.78, 5) is 32.9. The highest BCUT2D eigenvalue weighted by atomic mass is 35.5. The second kappa shape index (κ2) is 11.4. The molecule has 8 nitrogen and oxygen atoms in total. The number of alkyl halides is 2. The molecule has 0 aliphatic carbocycles. The number of hydrogen-bond acceptors (Lipinski definition) is 6. The van der Waals surface area contributed by atoms with Crippen LogP contribution in [0.15, 0.2) is 47.6 Å². The van der Waals surface area contributed by atoms with Gasteiger partial charge in [0.05, 0.1) is 10.7 Å². The normalized spacial score (nSPS) is 17.9. The molecule has 0 aromatic heterocycles. The van der Waals surface area contributed by atoms with Gasteiger partial charge in [0, 0.05) is 49.5 Å². The van der Waals surface area contributed by atoms with Gasteiger partial charge >= 0.3 is 6.09 Å². The predicted octanol–water partition coefficient (Wildman–Crippen LogP) is 6.01. The first-order valence-electron chi connectivity index (χ1n) is 12.0. The Labute approximate surface area is 231 Å². The lowest BCUT2D eigenvalue weighted by Crippen LogP contribution is -2.50. The van der Waals surface area contributed by atoms with Gasteiger partial charge in [0.2, 0.25) is 0 Å². The van der Waals surface area contributed by atoms with Gasteiger partial charge in [0.25, 0.3) is 5.91 Å². The maximum absolute atomic E-state index is 12.5. The summed E-state index contributed by atoms with van der Waals surface area (Å²) in [6, 6.07) is 13.0. The minimum absolute atomic E-state index is 0.305. The van der Waals surface area contributed by atoms with Crippen molar-refractivity contribution in [2.45, 2.75) is 43.7 Å². The molecular weight excluding hydrogens is 539 g/mol. The molecule has 0 spiro atoms. The molecule has 4 rings (SSSR count). The summed E-state index contributed by atoms with van der Waals surface area (Å²) in [6.45, 7) is 7.92. The number of carbonyl (C=O) groups excluding carboxylic acids is 2. The second-order valence-corrected chi connectivity index (χ2v) is 11.3. The molecule has 2 amide bonds. The van der Waals surface area contributed by atoms with E-state index in [1.54, 1.807) is 17.0 Å². The van der Waals surface area contributed by atoms with Crippen LogP contribution in [0.2, 0.25) is 5.02 Å². The van der Waals surface area contributed by atoms with E-state index in [2.05, 4.69) is 15.4 Å². The summed E-state index contributed by atoms with van der Waals surface area (Å²) in [6.07, 6.45) is -0.150. The third-order valence-electron chi connectivity index (χ3n) is 5.95. The zero-order valence-corrected chi connectivity index (χ0v) is 23.1. The Balaban J connectivity index is 1.46. The Bertz CT molecular complexity index is 1190. The van der Waals surface area contributed by atoms with Crippen LogP contribution in [0.4, 0.5) is 16.2 Å². The highest BCUT2D eigenvalue weighted by molar-refractivity contribution is 6.54. The van der Waals surface area contributed by atoms with Crippen molar-refractivity contribution in [1.82, 2.24) is 4.90 Å². The molecular formula is C26H29Cl3N4O4. The van der Waals surface area contributed by atoms with Gasteiger partial charge in [0.15, 0.2) is 10.9 Å². The number of carbonyl (C=O) groups is 2. The van der Waals surface area contributed by atoms with Crippen LogP contribution in [0.3, 0.4) is 0 Å². The molecule has 1 fully saturated rings. The van der Waals surface area contributed by atoms with Crippen molar-refractivity contribution in [2.75, 3.05) is 36.4 Å². The lowest BCUT2D eigenvalue weighted by atomic mass is 9.98. The largest absolute Gasteiger partial charge is 0.444 e. The zero-order valence-electron chi connectivity index (χ0n) is 20.8. The highest BCUT2D eigenvalue weighted by Gasteiger charge is 2.31. The quantitative estimate of drug-likeness (QED) is 0.448. The molecule has 198 valence electrons. The van der Waals surface area contributed by atoms with Gasteiger partial charge in [-0.1, -0.05) is 58.2 Å². The standard InChI is InChI=1S/C26H29Cl3N4O4/c1-26(2,3)36-25(35)33-12-10-32(11-13-33)20-9-5-8-18(27)22(20)19-15-21(37-31-19)16-6-4-7-17(14-16)30-24(34)23(28)29/h4-9,14,21,23H,10-13,15H2,1-3H3,(H,30,34). The van der Waals surface area contributed by atoms with Crippen LogP contribution in [0.5, 0.6) is 0 Å². The number of rotatable bonds is 5. The summed E-state index contributed by atoms with van der Waals surface area (Å²) in [5, 5.41) is 7.62. The molecule has 2 aliphatic heterocycles. The van der Waals surface area contributed by atoms with E-state index in [9.17, 15) is 9.59 Å². The Kier molecular flexibility index (Phi) is 8.41. The summed E-state index contributed by atoms with van der Waals surface area (Å²) in [5.74, 6) is -0.503. The fraction of sp³-hybridized carbons (Fsp3) is 0.423. The molecule has 2 aromatic rings. The van der Waals surface area contributed by atoms with Crippen molar-refractivity contribution in [2.24, 2.45) is 5.16 Å². The van der Waals surface area contributed by atoms with Crippen molar-refractivity contribution in [1.29, 1.82) is 0 Å². The van der Waals surface area contributed by atoms with Crippen molar-refractivity contribution in [3.05, 3.63) is 58.6 Å². The zero-order chi connectivity index (χ0) is 26.7. The van der Waals surface area contributed by atoms with Gasteiger partial charge in [-0.05, 0) is 50.6 Å². The first-order chi connectivity index (χ1) is 17.5. The van der Waals surface area contributed by atoms with Gasteiger partial charge in [0.1, 0.15) is 5.60 Å². The van der Waals surface area contributed by atoms with E-state index in [0.717, 1.165) is 22.5 Å². The molecule has 2 aliphatic rings. The summed E-state index contributed by atoms with van der Waals surface area (Å²) >= 11 is 18.0. The fourth-order valence-electron chi connectivity index (χ4n) is 4.24. The van der Waals surface area contributed by atoms with Crippen molar-refractivity contribution in [3.8, 4) is 0 Å². The third kappa shape index (κ3) is 6.80. The molecule has 37 heavy (non-hydrogen) atoms. The average molecular weight is 568 g/mol. The molecule has 0 bridgehead atoms. The Morgan fingerprint density at radius 2 is 1.81 bits per heavy atom. The number of piperazine rings is 1. The van der Waals surface area contributed by atoms with Crippen LogP contribution in [0.1, 0.15) is 44.4 Å². The number of ether oxygens (including phenoxy) is 1. The third-order valence-corrected chi connectivity index (χ3v) is 6.66. The first kappa shape index (κ1) is 27.4. The summed E-state index contributed by atoms with van der Waals surface area (Å²) in [7, 11) is 0. The number of benzene rings is 2. The number of amides is 2. The molecule has 1 unspecified atom stereocenters. The Morgan fingerprint density at radius 1 is 1.11 bits per heavy atom. The van der Waals surface area contributed by atoms with Crippen LogP contribution < -0.4 is 10.2 Å². The van der Waals surface area contributed by atoms with Crippen LogP contribution in [0, 0.1) is 0 Å². The average Bonchev–Trinajstić information content (AvgIpc) is 3.33. The van der Waals surface area contributed by atoms with E-state index < -0.39 is 16.3 Å². The van der Waals surface area contributed by atoms with Crippen LogP contribution >= 0.6 is 34.8 Å². The molecule has 0 saturated carbocycles. The van der Waals surface area contributed by atoms with Crippen molar-refractivity contribution >= 4 is 63.9 Å². The number of anilines is 2. The van der Waals surface area contributed by atoms with E-state index in [-0.39, 0.29) is 12.2 Å². The van der Waals surface area contributed by atoms with E-state index in [1.807, 2.05) is 51.1 Å². The molecule has 2 heterocycles. The van der Waals surface area contributed by atoms with E-state index >= 15 is 0 Å². The number of hydrogen-bond donors (Lipinski definition) is 1. The molecule has 1 N–H and O–H groups in total. The van der Waals surface area contributed by atoms with E-state index in [4.69, 9.17) is 44.4 Å². The molecule has 1 atom stereocenters. The number of nitrogens with zero attached hydrogens (tertiary/aromatic N) is 3. The number of oxime groups is 1. The molecule has 2 aromatic carbocycles. The lowest BCUT2D eigenvalue weighted by Gasteiger charge is -2.37. The van der Waals surface area contributed by atoms with Gasteiger partial charge in [-0.2, -0.15) is 0 Å². The lowest BCUT2D eigenvalue weighted by molar-refractivity contribution is -0.114. The monoisotopic (exact) mass is 566 g/mol. The molecule has 11 heteroatoms. The topological polar surface area (TPSA) is 83.5 Å². The second-order valence-electron chi connectivity index (χ2n) is 9.84. The number of halogens is 3. The van der Waals surface area contributed by atoms with Crippen molar-refractivity contribution < 1.29 is 19.2 Å². The maximum atomic E-state index is 12.5. The molecule has 0 radical (unpaired) electrons. The minimum Gasteiger partial charge on any atom is -0.444 e. The van der Waals surface area contributed by atoms with Crippen LogP contribution in [-0.2, 0) is 14.4 Å². The smallest absolute Gasteiger partial charge is 0.410 e. The Hall–Kier alpha value is -2.68. The minimum atomic E-state index is -1.16. The Morgan fingerprint density at radius 3 is 2.49 bits per heavy atom. The van der Waals surface area contributed by atoms with Gasteiger partial charge in [-0.3, -0.25) is 4.79 Å². The first-order valence-corrected chi connectivity index (χ1v) is 13.2. The number of nitrogens with one attached hydrogen (secondary N) is 1. The van der Waals surface area contributed by atoms with Crippen LogP contribution in [0.25, 0.3) is 0 Å². The van der Waals surface area contributed by atoms with E-state index in [0.29, 0.717) is 43.3 Å². The fourth-order valence-corrected chi connectivity index (χ4v) is 4.62. The summed E-state index contributed by atoms with van der Waals surface area (Å²) < 4.78 is 5.51. The maximum Gasteiger partial charge on any atom is 0.410 e. The van der Waals surface area contributed by atoms with E-state index in [1.165, 1.54) is 0 Å². The predicted molar refractivity (Wildman–Crippen MR) is 147 cm³/mol. The van der Waals surface area contributed by atoms with Crippen molar-refractivity contribution in [3.63, 3.8) is 0 Å². The summed E-state index contributed by atoms with van der Waals surface area (Å²) in [5.41, 5.74) is 3.36. The molecule has 1 saturated heterocycles.